The van der Waals surface area contributed by atoms with Crippen molar-refractivity contribution in [2.75, 3.05) is 18.0 Å². The number of carbonyl (C=O) groups is 1. The van der Waals surface area contributed by atoms with Gasteiger partial charge in [-0.2, -0.15) is 0 Å². The number of hydrogen-bond donors (Lipinski definition) is 1. The lowest BCUT2D eigenvalue weighted by molar-refractivity contribution is 0.0973. The normalized spacial score (nSPS) is 19.1. The van der Waals surface area contributed by atoms with Gasteiger partial charge in [0.15, 0.2) is 5.78 Å². The minimum absolute atomic E-state index is 0.221. The van der Waals surface area contributed by atoms with Crippen molar-refractivity contribution in [3.63, 3.8) is 0 Å². The predicted molar refractivity (Wildman–Crippen MR) is 102 cm³/mol. The van der Waals surface area contributed by atoms with Crippen LogP contribution in [-0.4, -0.2) is 28.4 Å². The van der Waals surface area contributed by atoms with Crippen LogP contribution < -0.4 is 10.6 Å². The first-order valence-corrected chi connectivity index (χ1v) is 9.27. The summed E-state index contributed by atoms with van der Waals surface area (Å²) in [5.41, 5.74) is 10.4. The number of ketones is 1. The quantitative estimate of drug-likeness (QED) is 0.774. The molecule has 5 nitrogen and oxygen atoms in total. The number of piperidine rings is 1. The van der Waals surface area contributed by atoms with E-state index in [1.165, 1.54) is 5.56 Å². The van der Waals surface area contributed by atoms with E-state index in [1.807, 2.05) is 24.3 Å². The summed E-state index contributed by atoms with van der Waals surface area (Å²) in [6.45, 7) is 2.46. The van der Waals surface area contributed by atoms with Gasteiger partial charge in [-0.1, -0.05) is 36.4 Å². The van der Waals surface area contributed by atoms with Crippen molar-refractivity contribution in [1.82, 2.24) is 9.55 Å². The molecule has 2 aliphatic heterocycles. The molecule has 1 fully saturated rings. The number of aromatic nitrogens is 2. The fourth-order valence-corrected chi connectivity index (χ4v) is 4.36. The fraction of sp³-hybridized carbons (Fsp3) is 0.333. The highest BCUT2D eigenvalue weighted by Gasteiger charge is 2.34. The summed E-state index contributed by atoms with van der Waals surface area (Å²) in [5, 5.41) is 0. The van der Waals surface area contributed by atoms with E-state index in [9.17, 15) is 4.79 Å². The van der Waals surface area contributed by atoms with Crippen LogP contribution in [0.25, 0.3) is 11.0 Å². The van der Waals surface area contributed by atoms with Crippen LogP contribution in [0.4, 0.5) is 5.95 Å². The standard InChI is InChI=1S/C21H22N4O/c22-21(15-5-2-1-3-6-15)10-13-24(14-11-21)20-23-17-8-4-7-16-18(26)9-12-25(20)19(16)17/h1-8H,9-14,22H2. The average molecular weight is 346 g/mol. The Morgan fingerprint density at radius 2 is 1.73 bits per heavy atom. The van der Waals surface area contributed by atoms with E-state index >= 15 is 0 Å². The molecule has 0 amide bonds. The van der Waals surface area contributed by atoms with E-state index in [-0.39, 0.29) is 11.3 Å². The molecule has 0 spiro atoms. The third kappa shape index (κ3) is 2.27. The number of aryl methyl sites for hydroxylation is 1. The van der Waals surface area contributed by atoms with Gasteiger partial charge in [-0.25, -0.2) is 4.98 Å². The summed E-state index contributed by atoms with van der Waals surface area (Å²) in [6, 6.07) is 16.2. The largest absolute Gasteiger partial charge is 0.342 e. The van der Waals surface area contributed by atoms with Gasteiger partial charge in [-0.15, -0.1) is 0 Å². The highest BCUT2D eigenvalue weighted by Crippen LogP contribution is 2.35. The summed E-state index contributed by atoms with van der Waals surface area (Å²) < 4.78 is 2.22. The molecule has 26 heavy (non-hydrogen) atoms. The average Bonchev–Trinajstić information content (AvgIpc) is 3.06. The van der Waals surface area contributed by atoms with Gasteiger partial charge in [0.2, 0.25) is 5.95 Å². The minimum atomic E-state index is -0.271. The Labute approximate surface area is 152 Å². The number of benzene rings is 2. The molecule has 3 heterocycles. The number of rotatable bonds is 2. The van der Waals surface area contributed by atoms with Crippen LogP contribution >= 0.6 is 0 Å². The van der Waals surface area contributed by atoms with Gasteiger partial charge in [-0.05, 0) is 30.5 Å². The molecule has 1 aromatic heterocycles. The highest BCUT2D eigenvalue weighted by atomic mass is 16.1. The molecule has 5 rings (SSSR count). The summed E-state index contributed by atoms with van der Waals surface area (Å²) in [4.78, 5) is 19.4. The van der Waals surface area contributed by atoms with E-state index in [2.05, 4.69) is 33.7 Å². The first-order chi connectivity index (χ1) is 12.7. The maximum atomic E-state index is 12.2. The zero-order valence-corrected chi connectivity index (χ0v) is 14.7. The maximum Gasteiger partial charge on any atom is 0.206 e. The van der Waals surface area contributed by atoms with E-state index in [1.54, 1.807) is 0 Å². The topological polar surface area (TPSA) is 64.2 Å². The van der Waals surface area contributed by atoms with Crippen molar-refractivity contribution in [2.45, 2.75) is 31.3 Å². The minimum Gasteiger partial charge on any atom is -0.342 e. The van der Waals surface area contributed by atoms with E-state index in [4.69, 9.17) is 10.7 Å². The number of nitrogens with two attached hydrogens (primary N) is 1. The monoisotopic (exact) mass is 346 g/mol. The van der Waals surface area contributed by atoms with Gasteiger partial charge in [-0.3, -0.25) is 4.79 Å². The predicted octanol–water partition coefficient (Wildman–Crippen LogP) is 3.08. The Morgan fingerprint density at radius 1 is 0.962 bits per heavy atom. The van der Waals surface area contributed by atoms with Crippen LogP contribution in [0.15, 0.2) is 48.5 Å². The van der Waals surface area contributed by atoms with Crippen molar-refractivity contribution in [1.29, 1.82) is 0 Å². The van der Waals surface area contributed by atoms with Crippen LogP contribution in [-0.2, 0) is 12.1 Å². The van der Waals surface area contributed by atoms with Crippen molar-refractivity contribution in [2.24, 2.45) is 5.73 Å². The molecule has 1 saturated heterocycles. The molecule has 0 saturated carbocycles. The summed E-state index contributed by atoms with van der Waals surface area (Å²) in [7, 11) is 0. The molecule has 2 N–H and O–H groups in total. The van der Waals surface area contributed by atoms with E-state index in [0.29, 0.717) is 13.0 Å². The van der Waals surface area contributed by atoms with E-state index < -0.39 is 0 Å². The number of para-hydroxylation sites is 1. The molecule has 0 radical (unpaired) electrons. The maximum absolute atomic E-state index is 12.2. The second kappa shape index (κ2) is 5.68. The molecule has 0 bridgehead atoms. The van der Waals surface area contributed by atoms with Crippen molar-refractivity contribution < 1.29 is 4.79 Å². The Hall–Kier alpha value is -2.66. The molecular formula is C21H22N4O. The molecule has 0 unspecified atom stereocenters. The van der Waals surface area contributed by atoms with Gasteiger partial charge < -0.3 is 15.2 Å². The van der Waals surface area contributed by atoms with Crippen molar-refractivity contribution in [3.05, 3.63) is 59.7 Å². The number of Topliss-reactive ketones (excluding diaryl/α,β-unsaturated/α-hetero) is 1. The van der Waals surface area contributed by atoms with Gasteiger partial charge >= 0.3 is 0 Å². The van der Waals surface area contributed by atoms with Crippen LogP contribution in [0, 0.1) is 0 Å². The lowest BCUT2D eigenvalue weighted by Gasteiger charge is -2.40. The zero-order chi connectivity index (χ0) is 17.7. The molecule has 0 atom stereocenters. The number of anilines is 1. The SMILES string of the molecule is NC1(c2ccccc2)CCN(c2nc3cccc4c3n2CCC4=O)CC1. The smallest absolute Gasteiger partial charge is 0.206 e. The van der Waals surface area contributed by atoms with Crippen LogP contribution in [0.3, 0.4) is 0 Å². The lowest BCUT2D eigenvalue weighted by atomic mass is 9.82. The Bertz CT molecular complexity index is 984. The molecule has 5 heteroatoms. The molecule has 2 aromatic carbocycles. The van der Waals surface area contributed by atoms with Crippen molar-refractivity contribution >= 4 is 22.8 Å². The van der Waals surface area contributed by atoms with Crippen LogP contribution in [0.1, 0.15) is 35.2 Å². The molecular weight excluding hydrogens is 324 g/mol. The summed E-state index contributed by atoms with van der Waals surface area (Å²) in [5.74, 6) is 1.20. The molecule has 2 aliphatic rings. The lowest BCUT2D eigenvalue weighted by Crippen LogP contribution is -2.48. The Kier molecular flexibility index (Phi) is 3.40. The van der Waals surface area contributed by atoms with Gasteiger partial charge in [0.05, 0.1) is 11.0 Å². The number of nitrogens with zero attached hydrogens (tertiary/aromatic N) is 3. The summed E-state index contributed by atoms with van der Waals surface area (Å²) >= 11 is 0. The first kappa shape index (κ1) is 15.6. The number of imidazole rings is 1. The second-order valence-corrected chi connectivity index (χ2v) is 7.42. The van der Waals surface area contributed by atoms with Crippen LogP contribution in [0.5, 0.6) is 0 Å². The fourth-order valence-electron chi connectivity index (χ4n) is 4.36. The highest BCUT2D eigenvalue weighted by molar-refractivity contribution is 6.08. The third-order valence-corrected chi connectivity index (χ3v) is 5.90. The number of carbonyl (C=O) groups excluding carboxylic acids is 1. The zero-order valence-electron chi connectivity index (χ0n) is 14.7. The van der Waals surface area contributed by atoms with Gasteiger partial charge in [0, 0.05) is 37.2 Å². The molecule has 3 aromatic rings. The van der Waals surface area contributed by atoms with Crippen molar-refractivity contribution in [3.8, 4) is 0 Å². The van der Waals surface area contributed by atoms with Crippen LogP contribution in [0.2, 0.25) is 0 Å². The van der Waals surface area contributed by atoms with Gasteiger partial charge in [0.25, 0.3) is 0 Å². The second-order valence-electron chi connectivity index (χ2n) is 7.42. The summed E-state index contributed by atoms with van der Waals surface area (Å²) in [6.07, 6.45) is 2.34. The third-order valence-electron chi connectivity index (χ3n) is 5.90. The Morgan fingerprint density at radius 3 is 2.50 bits per heavy atom. The first-order valence-electron chi connectivity index (χ1n) is 9.27. The Balaban J connectivity index is 1.47. The van der Waals surface area contributed by atoms with Gasteiger partial charge in [0.1, 0.15) is 0 Å². The molecule has 0 aliphatic carbocycles. The molecule has 132 valence electrons. The van der Waals surface area contributed by atoms with E-state index in [0.717, 1.165) is 48.5 Å². The number of hydrogen-bond acceptors (Lipinski definition) is 4.